The minimum atomic E-state index is -0.758. The predicted molar refractivity (Wildman–Crippen MR) is 171 cm³/mol. The Morgan fingerprint density at radius 3 is 2.43 bits per heavy atom. The van der Waals surface area contributed by atoms with Crippen LogP contribution >= 0.6 is 15.9 Å². The van der Waals surface area contributed by atoms with Crippen molar-refractivity contribution in [3.8, 4) is 17.2 Å². The molecule has 224 valence electrons. The number of non-ortho nitro benzene ring substituents is 1. The Morgan fingerprint density at radius 2 is 1.73 bits per heavy atom. The molecule has 0 saturated carbocycles. The van der Waals surface area contributed by atoms with E-state index < -0.39 is 16.9 Å². The van der Waals surface area contributed by atoms with Gasteiger partial charge in [0, 0.05) is 36.4 Å². The number of carbonyl (C=O) groups is 1. The van der Waals surface area contributed by atoms with Gasteiger partial charge in [-0.15, -0.1) is 0 Å². The SMILES string of the molecule is COc1cc(OC)c(Br)c(-n2c(C(C)N(CCc3ccccc3)C(=O)c3cccc([N+](=O)[O-])c3)nc3ccccc3c2=O)c1. The zero-order valence-electron chi connectivity index (χ0n) is 24.3. The summed E-state index contributed by atoms with van der Waals surface area (Å²) in [7, 11) is 3.03. The van der Waals surface area contributed by atoms with Crippen LogP contribution in [0.4, 0.5) is 5.69 Å². The van der Waals surface area contributed by atoms with Crippen LogP contribution in [-0.4, -0.2) is 46.0 Å². The van der Waals surface area contributed by atoms with Gasteiger partial charge in [0.1, 0.15) is 17.3 Å². The first-order chi connectivity index (χ1) is 21.2. The van der Waals surface area contributed by atoms with E-state index >= 15 is 0 Å². The number of hydrogen-bond donors (Lipinski definition) is 0. The molecule has 10 nitrogen and oxygen atoms in total. The van der Waals surface area contributed by atoms with Gasteiger partial charge in [-0.25, -0.2) is 4.98 Å². The average molecular weight is 658 g/mol. The van der Waals surface area contributed by atoms with Crippen LogP contribution in [0.3, 0.4) is 0 Å². The minimum Gasteiger partial charge on any atom is -0.497 e. The van der Waals surface area contributed by atoms with Crippen molar-refractivity contribution in [3.05, 3.63) is 133 Å². The molecule has 0 aliphatic heterocycles. The number of aromatic nitrogens is 2. The number of rotatable bonds is 10. The molecule has 0 fully saturated rings. The number of carbonyl (C=O) groups excluding carboxylic acids is 1. The molecule has 0 bridgehead atoms. The summed E-state index contributed by atoms with van der Waals surface area (Å²) in [5.74, 6) is 0.740. The molecule has 0 aliphatic rings. The van der Waals surface area contributed by atoms with Crippen molar-refractivity contribution in [3.63, 3.8) is 0 Å². The molecule has 5 aromatic rings. The summed E-state index contributed by atoms with van der Waals surface area (Å²) in [5, 5.41) is 11.9. The first-order valence-electron chi connectivity index (χ1n) is 13.8. The Hall–Kier alpha value is -5.03. The smallest absolute Gasteiger partial charge is 0.270 e. The number of methoxy groups -OCH3 is 2. The van der Waals surface area contributed by atoms with Gasteiger partial charge in [-0.1, -0.05) is 48.5 Å². The van der Waals surface area contributed by atoms with E-state index in [2.05, 4.69) is 15.9 Å². The second-order valence-electron chi connectivity index (χ2n) is 10.0. The van der Waals surface area contributed by atoms with Gasteiger partial charge in [0.15, 0.2) is 0 Å². The van der Waals surface area contributed by atoms with Gasteiger partial charge in [-0.2, -0.15) is 0 Å². The second kappa shape index (κ2) is 13.1. The first-order valence-corrected chi connectivity index (χ1v) is 14.6. The maximum absolute atomic E-state index is 14.2. The predicted octanol–water partition coefficient (Wildman–Crippen LogP) is 6.52. The maximum Gasteiger partial charge on any atom is 0.270 e. The van der Waals surface area contributed by atoms with Crippen molar-refractivity contribution < 1.29 is 19.2 Å². The number of para-hydroxylation sites is 1. The van der Waals surface area contributed by atoms with Crippen LogP contribution in [0.15, 0.2) is 100 Å². The number of amides is 1. The van der Waals surface area contributed by atoms with Crippen molar-refractivity contribution in [1.29, 1.82) is 0 Å². The fourth-order valence-electron chi connectivity index (χ4n) is 5.07. The van der Waals surface area contributed by atoms with Crippen molar-refractivity contribution in [2.75, 3.05) is 20.8 Å². The van der Waals surface area contributed by atoms with Crippen LogP contribution in [0.5, 0.6) is 11.5 Å². The van der Waals surface area contributed by atoms with Crippen LogP contribution in [0.25, 0.3) is 16.6 Å². The zero-order valence-corrected chi connectivity index (χ0v) is 25.9. The van der Waals surface area contributed by atoms with Gasteiger partial charge in [0.05, 0.1) is 46.2 Å². The minimum absolute atomic E-state index is 0.151. The van der Waals surface area contributed by atoms with E-state index in [0.29, 0.717) is 39.0 Å². The molecular weight excluding hydrogens is 628 g/mol. The molecule has 1 unspecified atom stereocenters. The lowest BCUT2D eigenvalue weighted by molar-refractivity contribution is -0.384. The molecular formula is C33H29BrN4O6. The highest BCUT2D eigenvalue weighted by Gasteiger charge is 2.29. The van der Waals surface area contributed by atoms with E-state index in [-0.39, 0.29) is 29.2 Å². The van der Waals surface area contributed by atoms with Crippen molar-refractivity contribution in [2.45, 2.75) is 19.4 Å². The largest absolute Gasteiger partial charge is 0.497 e. The van der Waals surface area contributed by atoms with Gasteiger partial charge >= 0.3 is 0 Å². The third kappa shape index (κ3) is 6.04. The summed E-state index contributed by atoms with van der Waals surface area (Å²) in [5.41, 5.74) is 1.49. The van der Waals surface area contributed by atoms with E-state index in [4.69, 9.17) is 14.5 Å². The third-order valence-corrected chi connectivity index (χ3v) is 8.18. The van der Waals surface area contributed by atoms with Crippen LogP contribution < -0.4 is 15.0 Å². The molecule has 0 saturated heterocycles. The molecule has 0 N–H and O–H groups in total. The average Bonchev–Trinajstić information content (AvgIpc) is 3.05. The van der Waals surface area contributed by atoms with Gasteiger partial charge in [0.25, 0.3) is 17.2 Å². The summed E-state index contributed by atoms with van der Waals surface area (Å²) in [4.78, 5) is 45.9. The Labute approximate surface area is 261 Å². The number of nitro groups is 1. The summed E-state index contributed by atoms with van der Waals surface area (Å²) in [6.45, 7) is 2.04. The molecule has 1 heterocycles. The number of halogens is 1. The van der Waals surface area contributed by atoms with Crippen molar-refractivity contribution >= 4 is 38.4 Å². The Kier molecular flexibility index (Phi) is 9.05. The van der Waals surface area contributed by atoms with Crippen molar-refractivity contribution in [1.82, 2.24) is 14.5 Å². The Morgan fingerprint density at radius 1 is 1.00 bits per heavy atom. The summed E-state index contributed by atoms with van der Waals surface area (Å²) < 4.78 is 13.0. The molecule has 44 heavy (non-hydrogen) atoms. The standard InChI is InChI=1S/C33H29BrN4O6/c1-21(36(17-16-22-10-5-4-6-11-22)32(39)23-12-9-13-24(18-23)38(41)42)31-35-27-15-8-7-14-26(27)33(40)37(31)28-19-25(43-2)20-29(44-3)30(28)34/h4-15,18-21H,16-17H2,1-3H3. The van der Waals surface area contributed by atoms with E-state index in [0.717, 1.165) is 5.56 Å². The van der Waals surface area contributed by atoms with E-state index in [1.54, 1.807) is 54.3 Å². The van der Waals surface area contributed by atoms with Gasteiger partial charge in [0.2, 0.25) is 0 Å². The lowest BCUT2D eigenvalue weighted by Gasteiger charge is -2.31. The zero-order chi connectivity index (χ0) is 31.4. The van der Waals surface area contributed by atoms with E-state index in [9.17, 15) is 19.7 Å². The molecule has 1 aromatic heterocycles. The highest BCUT2D eigenvalue weighted by Crippen LogP contribution is 2.37. The normalized spacial score (nSPS) is 11.6. The van der Waals surface area contributed by atoms with E-state index in [1.807, 2.05) is 30.3 Å². The topological polar surface area (TPSA) is 117 Å². The number of fused-ring (bicyclic) bond motifs is 1. The maximum atomic E-state index is 14.2. The number of nitrogens with zero attached hydrogens (tertiary/aromatic N) is 4. The summed E-state index contributed by atoms with van der Waals surface area (Å²) >= 11 is 3.60. The van der Waals surface area contributed by atoms with Crippen LogP contribution in [-0.2, 0) is 6.42 Å². The number of benzene rings is 4. The van der Waals surface area contributed by atoms with Crippen LogP contribution in [0.1, 0.15) is 34.7 Å². The number of nitro benzene ring substituents is 1. The highest BCUT2D eigenvalue weighted by atomic mass is 79.9. The molecule has 5 rings (SSSR count). The van der Waals surface area contributed by atoms with Gasteiger partial charge in [-0.3, -0.25) is 24.3 Å². The van der Waals surface area contributed by atoms with Crippen LogP contribution in [0.2, 0.25) is 0 Å². The summed E-state index contributed by atoms with van der Waals surface area (Å²) in [6, 6.07) is 24.9. The van der Waals surface area contributed by atoms with Crippen molar-refractivity contribution in [2.24, 2.45) is 0 Å². The Bertz CT molecular complexity index is 1910. The molecule has 0 aliphatic carbocycles. The molecule has 4 aromatic carbocycles. The fraction of sp³-hybridized carbons (Fsp3) is 0.182. The molecule has 0 spiro atoms. The third-order valence-electron chi connectivity index (χ3n) is 7.38. The number of ether oxygens (including phenoxy) is 2. The molecule has 1 amide bonds. The number of hydrogen-bond acceptors (Lipinski definition) is 7. The highest BCUT2D eigenvalue weighted by molar-refractivity contribution is 9.10. The Balaban J connectivity index is 1.72. The molecule has 0 radical (unpaired) electrons. The molecule has 11 heteroatoms. The fourth-order valence-corrected chi connectivity index (χ4v) is 5.64. The second-order valence-corrected chi connectivity index (χ2v) is 10.8. The summed E-state index contributed by atoms with van der Waals surface area (Å²) in [6.07, 6.45) is 0.500. The lowest BCUT2D eigenvalue weighted by Crippen LogP contribution is -2.38. The lowest BCUT2D eigenvalue weighted by atomic mass is 10.1. The molecule has 1 atom stereocenters. The van der Waals surface area contributed by atoms with Gasteiger partial charge < -0.3 is 14.4 Å². The quantitative estimate of drug-likeness (QED) is 0.124. The first kappa shape index (κ1) is 30.4. The van der Waals surface area contributed by atoms with Crippen LogP contribution in [0, 0.1) is 10.1 Å². The van der Waals surface area contributed by atoms with E-state index in [1.165, 1.54) is 37.0 Å². The van der Waals surface area contributed by atoms with Gasteiger partial charge in [-0.05, 0) is 53.0 Å². The monoisotopic (exact) mass is 656 g/mol.